The van der Waals surface area contributed by atoms with E-state index >= 15 is 0 Å². The van der Waals surface area contributed by atoms with Gasteiger partial charge in [0.25, 0.3) is 5.91 Å². The average molecular weight is 570 g/mol. The van der Waals surface area contributed by atoms with Crippen LogP contribution in [0.3, 0.4) is 0 Å². The molecule has 1 aliphatic carbocycles. The number of carbonyl (C=O) groups is 2. The SMILES string of the molecule is CCC1CCc2c(sc(NC(=O)C(F)(F)C(F)(F)C(F)(F)C(F)(F)C(F)(F)C(F)(F)F)c2C(N)=O)C1. The zero-order valence-electron chi connectivity index (χ0n) is 17.6. The second-order valence-corrected chi connectivity index (χ2v) is 9.02. The Hall–Kier alpha value is -2.27. The van der Waals surface area contributed by atoms with Crippen molar-refractivity contribution >= 4 is 28.2 Å². The van der Waals surface area contributed by atoms with Crippen molar-refractivity contribution in [3.05, 3.63) is 16.0 Å². The van der Waals surface area contributed by atoms with Gasteiger partial charge in [-0.05, 0) is 30.7 Å². The number of halogens is 13. The van der Waals surface area contributed by atoms with Crippen LogP contribution in [0.4, 0.5) is 62.1 Å². The van der Waals surface area contributed by atoms with Crippen LogP contribution < -0.4 is 11.1 Å². The topological polar surface area (TPSA) is 72.2 Å². The molecule has 36 heavy (non-hydrogen) atoms. The predicted octanol–water partition coefficient (Wildman–Crippen LogP) is 6.04. The molecule has 1 aromatic heterocycles. The molecule has 1 aliphatic rings. The number of carbonyl (C=O) groups excluding carboxylic acids is 2. The largest absolute Gasteiger partial charge is 0.460 e. The normalized spacial score (nSPS) is 18.1. The first-order valence-corrected chi connectivity index (χ1v) is 10.5. The van der Waals surface area contributed by atoms with Crippen LogP contribution >= 0.6 is 11.3 Å². The molecule has 18 heteroatoms. The zero-order chi connectivity index (χ0) is 28.3. The molecular weight excluding hydrogens is 555 g/mol. The number of nitrogens with one attached hydrogen (secondary N) is 1. The Labute approximate surface area is 197 Å². The number of primary amides is 1. The molecule has 1 heterocycles. The lowest BCUT2D eigenvalue weighted by atomic mass is 9.85. The molecule has 1 aromatic rings. The molecule has 1 unspecified atom stereocenters. The van der Waals surface area contributed by atoms with Crippen LogP contribution in [-0.4, -0.2) is 47.6 Å². The summed E-state index contributed by atoms with van der Waals surface area (Å²) in [7, 11) is 0. The van der Waals surface area contributed by atoms with Gasteiger partial charge in [0.15, 0.2) is 0 Å². The van der Waals surface area contributed by atoms with Gasteiger partial charge in [0, 0.05) is 4.88 Å². The van der Waals surface area contributed by atoms with Crippen LogP contribution in [-0.2, 0) is 17.6 Å². The first-order valence-electron chi connectivity index (χ1n) is 9.70. The number of alkyl halides is 13. The third-order valence-corrected chi connectivity index (χ3v) is 6.81. The Morgan fingerprint density at radius 1 is 0.889 bits per heavy atom. The van der Waals surface area contributed by atoms with Crippen molar-refractivity contribution in [1.29, 1.82) is 0 Å². The fourth-order valence-electron chi connectivity index (χ4n) is 3.45. The summed E-state index contributed by atoms with van der Waals surface area (Å²) < 4.78 is 172. The van der Waals surface area contributed by atoms with Gasteiger partial charge in [-0.15, -0.1) is 11.3 Å². The van der Waals surface area contributed by atoms with Crippen molar-refractivity contribution in [3.8, 4) is 0 Å². The maximum Gasteiger partial charge on any atom is 0.460 e. The lowest BCUT2D eigenvalue weighted by Crippen LogP contribution is -2.71. The Balaban J connectivity index is 2.49. The number of hydrogen-bond donors (Lipinski definition) is 2. The minimum Gasteiger partial charge on any atom is -0.365 e. The standard InChI is InChI=1S/C18H15F13N2O2S/c1-2-6-3-4-7-8(5-6)36-11(9(7)10(32)34)33-12(35)13(19,20)14(21,22)15(23,24)16(25,26)17(27,28)18(29,30)31/h6H,2-5H2,1H3,(H2,32,34)(H,33,35). The second-order valence-electron chi connectivity index (χ2n) is 7.91. The van der Waals surface area contributed by atoms with Crippen molar-refractivity contribution in [1.82, 2.24) is 0 Å². The van der Waals surface area contributed by atoms with Crippen LogP contribution in [0.2, 0.25) is 0 Å². The van der Waals surface area contributed by atoms with Crippen molar-refractivity contribution in [2.24, 2.45) is 11.7 Å². The molecule has 0 aromatic carbocycles. The molecule has 1 atom stereocenters. The summed E-state index contributed by atoms with van der Waals surface area (Å²) in [4.78, 5) is 23.9. The molecular formula is C18H15F13N2O2S. The van der Waals surface area contributed by atoms with Crippen LogP contribution in [0.5, 0.6) is 0 Å². The molecule has 2 rings (SSSR count). The highest BCUT2D eigenvalue weighted by Crippen LogP contribution is 2.60. The molecule has 3 N–H and O–H groups in total. The maximum atomic E-state index is 14.1. The lowest BCUT2D eigenvalue weighted by molar-refractivity contribution is -0.435. The monoisotopic (exact) mass is 570 g/mol. The summed E-state index contributed by atoms with van der Waals surface area (Å²) in [5, 5.41) is 0.0376. The van der Waals surface area contributed by atoms with E-state index in [1.807, 2.05) is 0 Å². The van der Waals surface area contributed by atoms with E-state index in [1.54, 1.807) is 6.92 Å². The Morgan fingerprint density at radius 3 is 1.83 bits per heavy atom. The molecule has 0 aliphatic heterocycles. The van der Waals surface area contributed by atoms with Crippen LogP contribution in [0.15, 0.2) is 0 Å². The highest BCUT2D eigenvalue weighted by Gasteiger charge is 2.91. The first kappa shape index (κ1) is 30.0. The highest BCUT2D eigenvalue weighted by atomic mass is 32.1. The van der Waals surface area contributed by atoms with E-state index in [0.29, 0.717) is 24.2 Å². The third-order valence-electron chi connectivity index (χ3n) is 5.64. The summed E-state index contributed by atoms with van der Waals surface area (Å²) in [6.45, 7) is 1.78. The molecule has 2 amide bonds. The lowest BCUT2D eigenvalue weighted by Gasteiger charge is -2.39. The molecule has 4 nitrogen and oxygen atoms in total. The summed E-state index contributed by atoms with van der Waals surface area (Å²) in [6, 6.07) is 0. The van der Waals surface area contributed by atoms with E-state index in [1.165, 1.54) is 0 Å². The summed E-state index contributed by atoms with van der Waals surface area (Å²) in [6.07, 6.45) is -6.16. The van der Waals surface area contributed by atoms with E-state index in [4.69, 9.17) is 5.73 Å². The Morgan fingerprint density at radius 2 is 1.39 bits per heavy atom. The number of thiophene rings is 1. The number of rotatable bonds is 8. The summed E-state index contributed by atoms with van der Waals surface area (Å²) in [5.74, 6) is -43.7. The third kappa shape index (κ3) is 4.27. The highest BCUT2D eigenvalue weighted by molar-refractivity contribution is 7.17. The van der Waals surface area contributed by atoms with E-state index in [9.17, 15) is 66.7 Å². The average Bonchev–Trinajstić information content (AvgIpc) is 3.09. The number of anilines is 1. The molecule has 0 radical (unpaired) electrons. The molecule has 0 spiro atoms. The minimum absolute atomic E-state index is 0.0161. The van der Waals surface area contributed by atoms with Gasteiger partial charge in [-0.3, -0.25) is 9.59 Å². The van der Waals surface area contributed by atoms with Crippen molar-refractivity contribution in [3.63, 3.8) is 0 Å². The van der Waals surface area contributed by atoms with E-state index < -0.39 is 58.2 Å². The van der Waals surface area contributed by atoms with Gasteiger partial charge < -0.3 is 11.1 Å². The van der Waals surface area contributed by atoms with Gasteiger partial charge in [0.05, 0.1) is 5.56 Å². The van der Waals surface area contributed by atoms with Gasteiger partial charge in [0.2, 0.25) is 0 Å². The van der Waals surface area contributed by atoms with Crippen LogP contribution in [0.1, 0.15) is 40.6 Å². The van der Waals surface area contributed by atoms with Crippen LogP contribution in [0.25, 0.3) is 0 Å². The summed E-state index contributed by atoms with van der Waals surface area (Å²) in [5.41, 5.74) is 4.58. The quantitative estimate of drug-likeness (QED) is 0.375. The number of fused-ring (bicyclic) bond motifs is 1. The van der Waals surface area contributed by atoms with E-state index in [0.717, 1.165) is 5.32 Å². The number of hydrogen-bond acceptors (Lipinski definition) is 3. The molecule has 0 saturated heterocycles. The van der Waals surface area contributed by atoms with E-state index in [2.05, 4.69) is 0 Å². The van der Waals surface area contributed by atoms with Gasteiger partial charge in [-0.1, -0.05) is 13.3 Å². The zero-order valence-corrected chi connectivity index (χ0v) is 18.4. The van der Waals surface area contributed by atoms with Crippen molar-refractivity contribution in [2.45, 2.75) is 68.4 Å². The van der Waals surface area contributed by atoms with Gasteiger partial charge >= 0.3 is 41.7 Å². The smallest absolute Gasteiger partial charge is 0.365 e. The fraction of sp³-hybridized carbons (Fsp3) is 0.667. The number of amides is 2. The molecule has 0 saturated carbocycles. The molecule has 0 bridgehead atoms. The second kappa shape index (κ2) is 8.93. The summed E-state index contributed by atoms with van der Waals surface area (Å²) >= 11 is 0.370. The number of nitrogens with two attached hydrogens (primary N) is 1. The first-order chi connectivity index (χ1) is 16.0. The van der Waals surface area contributed by atoms with E-state index in [-0.39, 0.29) is 29.2 Å². The molecule has 0 fully saturated rings. The van der Waals surface area contributed by atoms with Crippen molar-refractivity contribution in [2.75, 3.05) is 5.32 Å². The molecule has 206 valence electrons. The Kier molecular flexibility index (Phi) is 7.43. The Bertz CT molecular complexity index is 1030. The van der Waals surface area contributed by atoms with Gasteiger partial charge in [-0.25, -0.2) is 0 Å². The van der Waals surface area contributed by atoms with Gasteiger partial charge in [-0.2, -0.15) is 57.1 Å². The minimum atomic E-state index is -8.12. The predicted molar refractivity (Wildman–Crippen MR) is 98.1 cm³/mol. The fourth-order valence-corrected chi connectivity index (χ4v) is 4.81. The maximum absolute atomic E-state index is 14.1. The van der Waals surface area contributed by atoms with Crippen molar-refractivity contribution < 1.29 is 66.7 Å². The van der Waals surface area contributed by atoms with Crippen LogP contribution in [0, 0.1) is 5.92 Å². The van der Waals surface area contributed by atoms with Gasteiger partial charge in [0.1, 0.15) is 5.00 Å².